The molecular weight excluding hydrogens is 398 g/mol. The van der Waals surface area contributed by atoms with Crippen LogP contribution in [-0.4, -0.2) is 42.5 Å². The lowest BCUT2D eigenvalue weighted by Crippen LogP contribution is -2.32. The standard InChI is InChI=1S/C19H25N3O4S2/c1-4-22(5-2)28(25,26)15-10-11-19(24)21(14-15)13-12-18(23)20-16-8-6-7-9-17(16)27-3/h6-11,14H,4-5,12-13H2,1-3H3,(H,20,23). The molecule has 0 fully saturated rings. The van der Waals surface area contributed by atoms with E-state index in [0.29, 0.717) is 18.8 Å². The number of nitrogens with zero attached hydrogens (tertiary/aromatic N) is 2. The summed E-state index contributed by atoms with van der Waals surface area (Å²) in [7, 11) is -3.67. The Morgan fingerprint density at radius 3 is 2.46 bits per heavy atom. The molecule has 0 bridgehead atoms. The summed E-state index contributed by atoms with van der Waals surface area (Å²) in [6.07, 6.45) is 3.28. The molecule has 0 aliphatic rings. The number of rotatable bonds is 9. The molecule has 0 spiro atoms. The molecule has 1 aromatic carbocycles. The van der Waals surface area contributed by atoms with Crippen molar-refractivity contribution in [2.75, 3.05) is 24.7 Å². The molecule has 1 heterocycles. The summed E-state index contributed by atoms with van der Waals surface area (Å²) in [5, 5.41) is 2.83. The number of aromatic nitrogens is 1. The molecule has 0 aliphatic carbocycles. The van der Waals surface area contributed by atoms with E-state index in [4.69, 9.17) is 0 Å². The van der Waals surface area contributed by atoms with Crippen LogP contribution in [0.1, 0.15) is 20.3 Å². The maximum Gasteiger partial charge on any atom is 0.250 e. The first-order valence-corrected chi connectivity index (χ1v) is 11.6. The number of carbonyl (C=O) groups excluding carboxylic acids is 1. The van der Waals surface area contributed by atoms with Crippen LogP contribution in [0.3, 0.4) is 0 Å². The summed E-state index contributed by atoms with van der Waals surface area (Å²) in [4.78, 5) is 25.4. The molecule has 152 valence electrons. The molecule has 0 unspecified atom stereocenters. The third-order valence-electron chi connectivity index (χ3n) is 4.26. The predicted octanol–water partition coefficient (Wildman–Crippen LogP) is 2.63. The first-order valence-electron chi connectivity index (χ1n) is 8.97. The largest absolute Gasteiger partial charge is 0.325 e. The fourth-order valence-electron chi connectivity index (χ4n) is 2.73. The van der Waals surface area contributed by atoms with Gasteiger partial charge in [0.1, 0.15) is 0 Å². The maximum atomic E-state index is 12.6. The van der Waals surface area contributed by atoms with Crippen molar-refractivity contribution in [1.82, 2.24) is 8.87 Å². The third kappa shape index (κ3) is 5.24. The van der Waals surface area contributed by atoms with Gasteiger partial charge in [-0.1, -0.05) is 26.0 Å². The van der Waals surface area contributed by atoms with Gasteiger partial charge in [-0.15, -0.1) is 11.8 Å². The fourth-order valence-corrected chi connectivity index (χ4v) is 4.76. The van der Waals surface area contributed by atoms with Crippen LogP contribution in [0.5, 0.6) is 0 Å². The van der Waals surface area contributed by atoms with Crippen LogP contribution in [0.25, 0.3) is 0 Å². The van der Waals surface area contributed by atoms with Crippen LogP contribution in [0.4, 0.5) is 5.69 Å². The van der Waals surface area contributed by atoms with Crippen LogP contribution in [-0.2, 0) is 21.4 Å². The molecule has 2 rings (SSSR count). The summed E-state index contributed by atoms with van der Waals surface area (Å²) >= 11 is 1.52. The molecule has 28 heavy (non-hydrogen) atoms. The lowest BCUT2D eigenvalue weighted by atomic mass is 10.3. The Labute approximate surface area is 169 Å². The Kier molecular flexibility index (Phi) is 7.85. The Morgan fingerprint density at radius 1 is 1.14 bits per heavy atom. The molecule has 0 atom stereocenters. The summed E-state index contributed by atoms with van der Waals surface area (Å²) < 4.78 is 27.9. The van der Waals surface area contributed by atoms with Gasteiger partial charge in [0.05, 0.1) is 10.6 Å². The van der Waals surface area contributed by atoms with Gasteiger partial charge < -0.3 is 9.88 Å². The molecule has 0 radical (unpaired) electrons. The molecule has 7 nitrogen and oxygen atoms in total. The number of aryl methyl sites for hydroxylation is 1. The number of amides is 1. The first kappa shape index (κ1) is 22.2. The quantitative estimate of drug-likeness (QED) is 0.627. The fraction of sp³-hybridized carbons (Fsp3) is 0.368. The van der Waals surface area contributed by atoms with Crippen LogP contribution >= 0.6 is 11.8 Å². The van der Waals surface area contributed by atoms with E-state index in [1.165, 1.54) is 39.0 Å². The number of anilines is 1. The molecule has 0 saturated heterocycles. The van der Waals surface area contributed by atoms with Crippen molar-refractivity contribution < 1.29 is 13.2 Å². The van der Waals surface area contributed by atoms with E-state index < -0.39 is 10.0 Å². The zero-order valence-corrected chi connectivity index (χ0v) is 17.8. The number of pyridine rings is 1. The molecule has 1 N–H and O–H groups in total. The highest BCUT2D eigenvalue weighted by atomic mass is 32.2. The van der Waals surface area contributed by atoms with Crippen molar-refractivity contribution in [2.45, 2.75) is 36.6 Å². The number of para-hydroxylation sites is 1. The van der Waals surface area contributed by atoms with Crippen molar-refractivity contribution in [3.8, 4) is 0 Å². The summed E-state index contributed by atoms with van der Waals surface area (Å²) in [5.41, 5.74) is 0.362. The Hall–Kier alpha value is -2.10. The predicted molar refractivity (Wildman–Crippen MR) is 112 cm³/mol. The molecule has 1 amide bonds. The van der Waals surface area contributed by atoms with Crippen LogP contribution in [0, 0.1) is 0 Å². The zero-order chi connectivity index (χ0) is 20.7. The highest BCUT2D eigenvalue weighted by molar-refractivity contribution is 7.98. The lowest BCUT2D eigenvalue weighted by Gasteiger charge is -2.19. The van der Waals surface area contributed by atoms with Crippen molar-refractivity contribution in [3.63, 3.8) is 0 Å². The van der Waals surface area contributed by atoms with Crippen molar-refractivity contribution >= 4 is 33.4 Å². The van der Waals surface area contributed by atoms with Gasteiger partial charge in [0.2, 0.25) is 15.9 Å². The summed E-state index contributed by atoms with van der Waals surface area (Å²) in [6.45, 7) is 4.29. The van der Waals surface area contributed by atoms with E-state index in [2.05, 4.69) is 5.32 Å². The first-order chi connectivity index (χ1) is 13.3. The minimum atomic E-state index is -3.67. The van der Waals surface area contributed by atoms with Crippen molar-refractivity contribution in [1.29, 1.82) is 0 Å². The third-order valence-corrected chi connectivity index (χ3v) is 7.09. The van der Waals surface area contributed by atoms with E-state index >= 15 is 0 Å². The average molecular weight is 424 g/mol. The van der Waals surface area contributed by atoms with E-state index in [9.17, 15) is 18.0 Å². The molecule has 2 aromatic rings. The van der Waals surface area contributed by atoms with Gasteiger partial charge in [0.25, 0.3) is 5.56 Å². The maximum absolute atomic E-state index is 12.6. The highest BCUT2D eigenvalue weighted by Gasteiger charge is 2.22. The van der Waals surface area contributed by atoms with Gasteiger partial charge in [-0.05, 0) is 24.5 Å². The average Bonchev–Trinajstić information content (AvgIpc) is 2.68. The number of sulfonamides is 1. The van der Waals surface area contributed by atoms with Crippen LogP contribution < -0.4 is 10.9 Å². The minimum absolute atomic E-state index is 0.0453. The van der Waals surface area contributed by atoms with E-state index in [0.717, 1.165) is 4.90 Å². The van der Waals surface area contributed by atoms with Gasteiger partial charge in [-0.3, -0.25) is 9.59 Å². The smallest absolute Gasteiger partial charge is 0.250 e. The van der Waals surface area contributed by atoms with Crippen LogP contribution in [0.2, 0.25) is 0 Å². The topological polar surface area (TPSA) is 88.5 Å². The highest BCUT2D eigenvalue weighted by Crippen LogP contribution is 2.24. The van der Waals surface area contributed by atoms with E-state index in [-0.39, 0.29) is 29.3 Å². The second kappa shape index (κ2) is 9.90. The molecule has 0 aliphatic heterocycles. The summed E-state index contributed by atoms with van der Waals surface area (Å²) in [6, 6.07) is 9.97. The lowest BCUT2D eigenvalue weighted by molar-refractivity contribution is -0.116. The normalized spacial score (nSPS) is 11.6. The van der Waals surface area contributed by atoms with Gasteiger partial charge in [0.15, 0.2) is 0 Å². The monoisotopic (exact) mass is 423 g/mol. The molecular formula is C19H25N3O4S2. The van der Waals surface area contributed by atoms with E-state index in [1.807, 2.05) is 30.5 Å². The zero-order valence-electron chi connectivity index (χ0n) is 16.2. The number of nitrogens with one attached hydrogen (secondary N) is 1. The van der Waals surface area contributed by atoms with Crippen molar-refractivity contribution in [2.24, 2.45) is 0 Å². The van der Waals surface area contributed by atoms with Gasteiger partial charge >= 0.3 is 0 Å². The molecule has 0 saturated carbocycles. The summed E-state index contributed by atoms with van der Waals surface area (Å²) in [5.74, 6) is -0.245. The SMILES string of the molecule is CCN(CC)S(=O)(=O)c1ccc(=O)n(CCC(=O)Nc2ccccc2SC)c1. The van der Waals surface area contributed by atoms with E-state index in [1.54, 1.807) is 13.8 Å². The Balaban J connectivity index is 2.14. The van der Waals surface area contributed by atoms with Gasteiger partial charge in [0, 0.05) is 43.2 Å². The number of hydrogen-bond donors (Lipinski definition) is 1. The number of benzene rings is 1. The molecule has 1 aromatic heterocycles. The second-order valence-electron chi connectivity index (χ2n) is 5.98. The van der Waals surface area contributed by atoms with Gasteiger partial charge in [-0.2, -0.15) is 4.31 Å². The second-order valence-corrected chi connectivity index (χ2v) is 8.77. The number of thioether (sulfide) groups is 1. The van der Waals surface area contributed by atoms with Crippen molar-refractivity contribution in [3.05, 3.63) is 52.9 Å². The minimum Gasteiger partial charge on any atom is -0.325 e. The van der Waals surface area contributed by atoms with Gasteiger partial charge in [-0.25, -0.2) is 8.42 Å². The Morgan fingerprint density at radius 2 is 1.82 bits per heavy atom. The number of carbonyl (C=O) groups is 1. The number of hydrogen-bond acceptors (Lipinski definition) is 5. The Bertz CT molecular complexity index is 983. The molecule has 9 heteroatoms. The van der Waals surface area contributed by atoms with Crippen LogP contribution in [0.15, 0.2) is 57.2 Å².